The minimum atomic E-state index is -0.275. The molecule has 1 aliphatic rings. The first-order valence-electron chi connectivity index (χ1n) is 5.54. The highest BCUT2D eigenvalue weighted by atomic mass is 19.1. The Balaban J connectivity index is 2.26. The Morgan fingerprint density at radius 2 is 2.31 bits per heavy atom. The largest absolute Gasteiger partial charge is 0.494 e. The van der Waals surface area contributed by atoms with Crippen molar-refractivity contribution in [2.24, 2.45) is 0 Å². The molecule has 1 heterocycles. The number of piperidine rings is 1. The SMILES string of the molecule is COc1cccc(/C=C2/CCCNC2)c1F. The molecule has 0 aromatic heterocycles. The Hall–Kier alpha value is -1.35. The quantitative estimate of drug-likeness (QED) is 0.828. The van der Waals surface area contributed by atoms with Gasteiger partial charge in [-0.1, -0.05) is 23.8 Å². The van der Waals surface area contributed by atoms with E-state index in [1.54, 1.807) is 12.1 Å². The van der Waals surface area contributed by atoms with Crippen molar-refractivity contribution in [3.05, 3.63) is 35.2 Å². The summed E-state index contributed by atoms with van der Waals surface area (Å²) in [6.45, 7) is 1.91. The van der Waals surface area contributed by atoms with E-state index in [-0.39, 0.29) is 5.82 Å². The van der Waals surface area contributed by atoms with Crippen LogP contribution in [0.4, 0.5) is 4.39 Å². The molecule has 1 N–H and O–H groups in total. The molecule has 0 amide bonds. The van der Waals surface area contributed by atoms with E-state index in [1.165, 1.54) is 12.7 Å². The van der Waals surface area contributed by atoms with Gasteiger partial charge >= 0.3 is 0 Å². The maximum atomic E-state index is 13.8. The molecule has 0 bridgehead atoms. The molecule has 0 saturated carbocycles. The minimum absolute atomic E-state index is 0.275. The van der Waals surface area contributed by atoms with Crippen molar-refractivity contribution in [2.75, 3.05) is 20.2 Å². The third-order valence-electron chi connectivity index (χ3n) is 2.78. The van der Waals surface area contributed by atoms with Gasteiger partial charge in [0.25, 0.3) is 0 Å². The Morgan fingerprint density at radius 3 is 3.00 bits per heavy atom. The molecule has 3 heteroatoms. The number of nitrogens with one attached hydrogen (secondary N) is 1. The molecule has 0 unspecified atom stereocenters. The number of methoxy groups -OCH3 is 1. The fraction of sp³-hybridized carbons (Fsp3) is 0.385. The molecular weight excluding hydrogens is 205 g/mol. The van der Waals surface area contributed by atoms with Crippen LogP contribution in [0.15, 0.2) is 23.8 Å². The summed E-state index contributed by atoms with van der Waals surface area (Å²) in [5, 5.41) is 3.28. The van der Waals surface area contributed by atoms with Gasteiger partial charge in [0.1, 0.15) is 0 Å². The fourth-order valence-electron chi connectivity index (χ4n) is 1.92. The molecule has 16 heavy (non-hydrogen) atoms. The van der Waals surface area contributed by atoms with Crippen LogP contribution in [-0.4, -0.2) is 20.2 Å². The average Bonchev–Trinajstić information content (AvgIpc) is 2.33. The number of hydrogen-bond donors (Lipinski definition) is 1. The number of rotatable bonds is 2. The lowest BCUT2D eigenvalue weighted by Crippen LogP contribution is -2.23. The van der Waals surface area contributed by atoms with Crippen LogP contribution in [0.1, 0.15) is 18.4 Å². The highest BCUT2D eigenvalue weighted by Gasteiger charge is 2.09. The summed E-state index contributed by atoms with van der Waals surface area (Å²) in [5.74, 6) is 0.0289. The van der Waals surface area contributed by atoms with Gasteiger partial charge in [-0.3, -0.25) is 0 Å². The van der Waals surface area contributed by atoms with E-state index >= 15 is 0 Å². The standard InChI is InChI=1S/C13H16FNO/c1-16-12-6-2-5-11(13(12)14)8-10-4-3-7-15-9-10/h2,5-6,8,15H,3-4,7,9H2,1H3/b10-8-. The molecule has 1 aromatic carbocycles. The van der Waals surface area contributed by atoms with E-state index in [1.807, 2.05) is 12.1 Å². The molecule has 1 fully saturated rings. The second-order valence-corrected chi connectivity index (χ2v) is 3.95. The lowest BCUT2D eigenvalue weighted by atomic mass is 10.0. The van der Waals surface area contributed by atoms with E-state index in [9.17, 15) is 4.39 Å². The molecule has 1 saturated heterocycles. The maximum Gasteiger partial charge on any atom is 0.172 e. The maximum absolute atomic E-state index is 13.8. The van der Waals surface area contributed by atoms with Crippen LogP contribution in [0.3, 0.4) is 0 Å². The Labute approximate surface area is 95.1 Å². The molecule has 0 aliphatic carbocycles. The Morgan fingerprint density at radius 1 is 1.44 bits per heavy atom. The lowest BCUT2D eigenvalue weighted by Gasteiger charge is -2.15. The van der Waals surface area contributed by atoms with Crippen molar-refractivity contribution >= 4 is 6.08 Å². The molecule has 2 nitrogen and oxygen atoms in total. The van der Waals surface area contributed by atoms with Gasteiger partial charge in [0.15, 0.2) is 11.6 Å². The van der Waals surface area contributed by atoms with Crippen LogP contribution in [0.2, 0.25) is 0 Å². The summed E-state index contributed by atoms with van der Waals surface area (Å²) in [6, 6.07) is 5.22. The van der Waals surface area contributed by atoms with Gasteiger partial charge in [0.2, 0.25) is 0 Å². The summed E-state index contributed by atoms with van der Waals surface area (Å²) >= 11 is 0. The first-order chi connectivity index (χ1) is 7.81. The molecule has 0 spiro atoms. The summed E-state index contributed by atoms with van der Waals surface area (Å²) in [7, 11) is 1.48. The van der Waals surface area contributed by atoms with E-state index in [0.29, 0.717) is 11.3 Å². The van der Waals surface area contributed by atoms with Gasteiger partial charge in [0, 0.05) is 12.1 Å². The van der Waals surface area contributed by atoms with Gasteiger partial charge in [-0.25, -0.2) is 4.39 Å². The molecule has 0 atom stereocenters. The van der Waals surface area contributed by atoms with Crippen LogP contribution < -0.4 is 10.1 Å². The molecular formula is C13H16FNO. The smallest absolute Gasteiger partial charge is 0.172 e. The molecule has 1 aromatic rings. The van der Waals surface area contributed by atoms with Crippen molar-refractivity contribution in [3.63, 3.8) is 0 Å². The second-order valence-electron chi connectivity index (χ2n) is 3.95. The predicted molar refractivity (Wildman–Crippen MR) is 63.0 cm³/mol. The lowest BCUT2D eigenvalue weighted by molar-refractivity contribution is 0.386. The number of ether oxygens (including phenoxy) is 1. The van der Waals surface area contributed by atoms with E-state index in [0.717, 1.165) is 25.9 Å². The van der Waals surface area contributed by atoms with Crippen LogP contribution in [0.25, 0.3) is 6.08 Å². The zero-order valence-corrected chi connectivity index (χ0v) is 9.42. The number of hydrogen-bond acceptors (Lipinski definition) is 2. The topological polar surface area (TPSA) is 21.3 Å². The predicted octanol–water partition coefficient (Wildman–Crippen LogP) is 2.60. The van der Waals surface area contributed by atoms with Crippen LogP contribution in [0.5, 0.6) is 5.75 Å². The van der Waals surface area contributed by atoms with Crippen LogP contribution in [0, 0.1) is 5.82 Å². The Bertz CT molecular complexity index is 393. The van der Waals surface area contributed by atoms with Gasteiger partial charge < -0.3 is 10.1 Å². The van der Waals surface area contributed by atoms with Crippen molar-refractivity contribution in [2.45, 2.75) is 12.8 Å². The molecule has 1 aliphatic heterocycles. The van der Waals surface area contributed by atoms with Gasteiger partial charge in [-0.15, -0.1) is 0 Å². The molecule has 0 radical (unpaired) electrons. The van der Waals surface area contributed by atoms with Crippen molar-refractivity contribution < 1.29 is 9.13 Å². The first-order valence-corrected chi connectivity index (χ1v) is 5.54. The van der Waals surface area contributed by atoms with Crippen molar-refractivity contribution in [1.82, 2.24) is 5.32 Å². The van der Waals surface area contributed by atoms with Crippen molar-refractivity contribution in [1.29, 1.82) is 0 Å². The molecule has 86 valence electrons. The number of halogens is 1. The summed E-state index contributed by atoms with van der Waals surface area (Å²) in [4.78, 5) is 0. The minimum Gasteiger partial charge on any atom is -0.494 e. The highest BCUT2D eigenvalue weighted by Crippen LogP contribution is 2.23. The monoisotopic (exact) mass is 221 g/mol. The van der Waals surface area contributed by atoms with Gasteiger partial charge in [0.05, 0.1) is 7.11 Å². The third-order valence-corrected chi connectivity index (χ3v) is 2.78. The Kier molecular flexibility index (Phi) is 3.57. The number of benzene rings is 1. The van der Waals surface area contributed by atoms with Gasteiger partial charge in [-0.2, -0.15) is 0 Å². The van der Waals surface area contributed by atoms with E-state index in [4.69, 9.17) is 4.74 Å². The van der Waals surface area contributed by atoms with Crippen LogP contribution in [-0.2, 0) is 0 Å². The van der Waals surface area contributed by atoms with Crippen LogP contribution >= 0.6 is 0 Å². The zero-order valence-electron chi connectivity index (χ0n) is 9.42. The second kappa shape index (κ2) is 5.12. The van der Waals surface area contributed by atoms with Crippen molar-refractivity contribution in [3.8, 4) is 5.75 Å². The summed E-state index contributed by atoms with van der Waals surface area (Å²) < 4.78 is 18.8. The van der Waals surface area contributed by atoms with E-state index in [2.05, 4.69) is 5.32 Å². The van der Waals surface area contributed by atoms with E-state index < -0.39 is 0 Å². The normalized spacial score (nSPS) is 18.8. The third kappa shape index (κ3) is 2.42. The first kappa shape index (κ1) is 11.1. The highest BCUT2D eigenvalue weighted by molar-refractivity contribution is 5.56. The molecule has 2 rings (SSSR count). The van der Waals surface area contributed by atoms with Gasteiger partial charge in [-0.05, 0) is 25.5 Å². The summed E-state index contributed by atoms with van der Waals surface area (Å²) in [6.07, 6.45) is 4.09. The fourth-order valence-corrected chi connectivity index (χ4v) is 1.92. The average molecular weight is 221 g/mol. The zero-order chi connectivity index (χ0) is 11.4. The summed E-state index contributed by atoms with van der Waals surface area (Å²) in [5.41, 5.74) is 1.86.